The molecule has 0 saturated carbocycles. The molecule has 0 bridgehead atoms. The molecule has 116 valence electrons. The maximum atomic E-state index is 12.2. The predicted molar refractivity (Wildman–Crippen MR) is 95.8 cm³/mol. The van der Waals surface area contributed by atoms with E-state index in [1.807, 2.05) is 24.3 Å². The number of benzene rings is 1. The second kappa shape index (κ2) is 6.93. The van der Waals surface area contributed by atoms with Gasteiger partial charge in [-0.15, -0.1) is 0 Å². The molecule has 7 heteroatoms. The number of aliphatic carboxylic acids is 1. The minimum absolute atomic E-state index is 0.230. The molecule has 1 N–H and O–H groups in total. The molecule has 1 aromatic rings. The maximum absolute atomic E-state index is 12.2. The number of hydrogen-bond acceptors (Lipinski definition) is 4. The number of nitrogens with zero attached hydrogens (tertiary/aromatic N) is 1. The Balaban J connectivity index is 2.32. The lowest BCUT2D eigenvalue weighted by molar-refractivity contribution is -0.142. The van der Waals surface area contributed by atoms with E-state index in [9.17, 15) is 14.7 Å². The largest absolute Gasteiger partial charge is 0.480 e. The summed E-state index contributed by atoms with van der Waals surface area (Å²) in [5.41, 5.74) is 0.902. The molecule has 1 fully saturated rings. The van der Waals surface area contributed by atoms with Crippen LogP contribution in [0.25, 0.3) is 6.08 Å². The Morgan fingerprint density at radius 2 is 1.95 bits per heavy atom. The van der Waals surface area contributed by atoms with Crippen molar-refractivity contribution < 1.29 is 14.7 Å². The van der Waals surface area contributed by atoms with Gasteiger partial charge in [0.15, 0.2) is 0 Å². The van der Waals surface area contributed by atoms with Crippen molar-refractivity contribution >= 4 is 62.2 Å². The molecule has 1 saturated heterocycles. The molecule has 2 rings (SSSR count). The van der Waals surface area contributed by atoms with Crippen LogP contribution in [-0.2, 0) is 4.79 Å². The third-order valence-electron chi connectivity index (χ3n) is 3.15. The van der Waals surface area contributed by atoms with E-state index in [0.29, 0.717) is 4.91 Å². The van der Waals surface area contributed by atoms with E-state index in [-0.39, 0.29) is 16.1 Å². The number of thiocarbonyl (C=S) groups is 1. The molecule has 0 aliphatic carbocycles. The number of hydrogen-bond donors (Lipinski definition) is 1. The highest BCUT2D eigenvalue weighted by Gasteiger charge is 2.41. The number of thioether (sulfide) groups is 1. The summed E-state index contributed by atoms with van der Waals surface area (Å²) in [7, 11) is 0. The lowest BCUT2D eigenvalue weighted by Crippen LogP contribution is -2.46. The molecular weight excluding hydrogens is 386 g/mol. The number of halogens is 1. The number of rotatable bonds is 4. The first-order valence-corrected chi connectivity index (χ1v) is 8.58. The highest BCUT2D eigenvalue weighted by atomic mass is 79.9. The summed E-state index contributed by atoms with van der Waals surface area (Å²) in [6.07, 6.45) is 1.80. The van der Waals surface area contributed by atoms with E-state index >= 15 is 0 Å². The quantitative estimate of drug-likeness (QED) is 0.600. The first-order chi connectivity index (χ1) is 10.3. The van der Waals surface area contributed by atoms with Gasteiger partial charge in [0.05, 0.1) is 4.91 Å². The third kappa shape index (κ3) is 3.59. The summed E-state index contributed by atoms with van der Waals surface area (Å²) in [6.45, 7) is 3.52. The van der Waals surface area contributed by atoms with Gasteiger partial charge in [-0.05, 0) is 41.5 Å². The lowest BCUT2D eigenvalue weighted by Gasteiger charge is -2.26. The van der Waals surface area contributed by atoms with Gasteiger partial charge in [0.25, 0.3) is 5.24 Å². The van der Waals surface area contributed by atoms with Gasteiger partial charge < -0.3 is 5.11 Å². The van der Waals surface area contributed by atoms with Crippen LogP contribution in [0.15, 0.2) is 33.6 Å². The molecule has 0 unspecified atom stereocenters. The molecule has 0 spiro atoms. The number of carboxylic acid groups (broad SMARTS) is 1. The highest BCUT2D eigenvalue weighted by Crippen LogP contribution is 2.36. The number of carbonyl (C=O) groups excluding carboxylic acids is 1. The second-order valence-corrected chi connectivity index (χ2v) is 7.43. The van der Waals surface area contributed by atoms with Crippen molar-refractivity contribution in [2.75, 3.05) is 0 Å². The SMILES string of the molecule is CC(C)[C@@H](C(=O)O)N1C(=O)S/C(=C/c2ccc(Br)cc2)C1=S. The first kappa shape index (κ1) is 17.2. The number of carbonyl (C=O) groups is 2. The summed E-state index contributed by atoms with van der Waals surface area (Å²) >= 11 is 9.66. The zero-order valence-corrected chi connectivity index (χ0v) is 15.2. The summed E-state index contributed by atoms with van der Waals surface area (Å²) < 4.78 is 0.958. The Hall–Kier alpha value is -1.18. The maximum Gasteiger partial charge on any atom is 0.327 e. The number of carboxylic acids is 1. The van der Waals surface area contributed by atoms with Gasteiger partial charge >= 0.3 is 5.97 Å². The molecule has 1 aliphatic heterocycles. The zero-order chi connectivity index (χ0) is 16.4. The second-order valence-electron chi connectivity index (χ2n) is 5.13. The zero-order valence-electron chi connectivity index (χ0n) is 11.9. The average molecular weight is 400 g/mol. The van der Waals surface area contributed by atoms with Gasteiger partial charge in [-0.25, -0.2) is 4.79 Å². The average Bonchev–Trinajstić information content (AvgIpc) is 2.69. The van der Waals surface area contributed by atoms with Crippen LogP contribution in [0.1, 0.15) is 19.4 Å². The van der Waals surface area contributed by atoms with Crippen LogP contribution in [0.5, 0.6) is 0 Å². The fourth-order valence-electron chi connectivity index (χ4n) is 2.12. The van der Waals surface area contributed by atoms with Crippen molar-refractivity contribution in [3.8, 4) is 0 Å². The van der Waals surface area contributed by atoms with Crippen molar-refractivity contribution in [1.82, 2.24) is 4.90 Å². The van der Waals surface area contributed by atoms with E-state index in [1.165, 1.54) is 4.90 Å². The van der Waals surface area contributed by atoms with E-state index in [1.54, 1.807) is 19.9 Å². The Kier molecular flexibility index (Phi) is 5.41. The van der Waals surface area contributed by atoms with Crippen molar-refractivity contribution in [2.24, 2.45) is 5.92 Å². The van der Waals surface area contributed by atoms with Crippen LogP contribution in [0.3, 0.4) is 0 Å². The van der Waals surface area contributed by atoms with Gasteiger partial charge in [-0.3, -0.25) is 9.69 Å². The minimum Gasteiger partial charge on any atom is -0.480 e. The van der Waals surface area contributed by atoms with Crippen molar-refractivity contribution in [3.63, 3.8) is 0 Å². The van der Waals surface area contributed by atoms with E-state index in [0.717, 1.165) is 21.8 Å². The van der Waals surface area contributed by atoms with Gasteiger partial charge in [0.2, 0.25) is 0 Å². The van der Waals surface area contributed by atoms with Gasteiger partial charge in [-0.2, -0.15) is 0 Å². The predicted octanol–water partition coefficient (Wildman–Crippen LogP) is 4.40. The Bertz CT molecular complexity index is 655. The lowest BCUT2D eigenvalue weighted by atomic mass is 10.0. The molecule has 22 heavy (non-hydrogen) atoms. The van der Waals surface area contributed by atoms with E-state index < -0.39 is 12.0 Å². The molecule has 1 aliphatic rings. The fourth-order valence-corrected chi connectivity index (χ4v) is 3.70. The molecule has 1 amide bonds. The Labute approximate surface area is 146 Å². The van der Waals surface area contributed by atoms with Crippen LogP contribution in [0, 0.1) is 5.92 Å². The molecule has 1 heterocycles. The van der Waals surface area contributed by atoms with Crippen LogP contribution < -0.4 is 0 Å². The van der Waals surface area contributed by atoms with Gasteiger partial charge in [0.1, 0.15) is 11.0 Å². The molecule has 1 aromatic carbocycles. The van der Waals surface area contributed by atoms with Crippen LogP contribution >= 0.6 is 39.9 Å². The normalized spacial score (nSPS) is 18.4. The molecule has 1 atom stereocenters. The van der Waals surface area contributed by atoms with Gasteiger partial charge in [-0.1, -0.05) is 54.1 Å². The summed E-state index contributed by atoms with van der Waals surface area (Å²) in [4.78, 5) is 25.7. The molecular formula is C15H14BrNO3S2. The molecule has 0 radical (unpaired) electrons. The van der Waals surface area contributed by atoms with E-state index in [4.69, 9.17) is 12.2 Å². The molecule has 4 nitrogen and oxygen atoms in total. The van der Waals surface area contributed by atoms with Crippen LogP contribution in [0.2, 0.25) is 0 Å². The van der Waals surface area contributed by atoms with Crippen molar-refractivity contribution in [2.45, 2.75) is 19.9 Å². The highest BCUT2D eigenvalue weighted by molar-refractivity contribution is 9.10. The topological polar surface area (TPSA) is 57.6 Å². The van der Waals surface area contributed by atoms with Crippen molar-refractivity contribution in [3.05, 3.63) is 39.2 Å². The first-order valence-electron chi connectivity index (χ1n) is 6.56. The molecule has 0 aromatic heterocycles. The standard InChI is InChI=1S/C15H14BrNO3S2/c1-8(2)12(14(18)19)17-13(21)11(22-15(17)20)7-9-3-5-10(16)6-4-9/h3-8,12H,1-2H3,(H,18,19)/b11-7+/t12-/m0/s1. The Morgan fingerprint density at radius 3 is 2.45 bits per heavy atom. The Morgan fingerprint density at radius 1 is 1.36 bits per heavy atom. The minimum atomic E-state index is -1.05. The third-order valence-corrected chi connectivity index (χ3v) is 5.13. The van der Waals surface area contributed by atoms with Crippen molar-refractivity contribution in [1.29, 1.82) is 0 Å². The van der Waals surface area contributed by atoms with E-state index in [2.05, 4.69) is 15.9 Å². The monoisotopic (exact) mass is 399 g/mol. The van der Waals surface area contributed by atoms with Crippen LogP contribution in [0.4, 0.5) is 4.79 Å². The number of amides is 1. The smallest absolute Gasteiger partial charge is 0.327 e. The summed E-state index contributed by atoms with van der Waals surface area (Å²) in [5.74, 6) is -1.27. The van der Waals surface area contributed by atoms with Gasteiger partial charge in [0, 0.05) is 4.47 Å². The summed E-state index contributed by atoms with van der Waals surface area (Å²) in [5, 5.41) is 9.02. The van der Waals surface area contributed by atoms with Crippen LogP contribution in [-0.4, -0.2) is 32.2 Å². The summed E-state index contributed by atoms with van der Waals surface area (Å²) in [6, 6.07) is 6.63. The fraction of sp³-hybridized carbons (Fsp3) is 0.267.